The number of aromatic nitrogens is 1. The van der Waals surface area contributed by atoms with Crippen LogP contribution in [0.15, 0.2) is 59.1 Å². The van der Waals surface area contributed by atoms with Crippen molar-refractivity contribution < 1.29 is 28.4 Å². The van der Waals surface area contributed by atoms with Crippen molar-refractivity contribution in [3.05, 3.63) is 65.9 Å². The Morgan fingerprint density at radius 3 is 2.39 bits per heavy atom. The summed E-state index contributed by atoms with van der Waals surface area (Å²) in [5.74, 6) is 0.162. The second-order valence-electron chi connectivity index (χ2n) is 7.79. The fraction of sp³-hybridized carbons (Fsp3) is 0.250. The van der Waals surface area contributed by atoms with Gasteiger partial charge in [-0.2, -0.15) is 0 Å². The lowest BCUT2D eigenvalue weighted by atomic mass is 10.1. The molecule has 0 saturated carbocycles. The number of esters is 1. The number of aryl methyl sites for hydroxylation is 2. The number of hydrogen-bond acceptors (Lipinski definition) is 7. The third kappa shape index (κ3) is 5.57. The molecule has 2 aromatic carbocycles. The molecule has 9 heteroatoms. The fourth-order valence-corrected chi connectivity index (χ4v) is 3.41. The molecule has 4 rings (SSSR count). The minimum atomic E-state index is -0.650. The predicted octanol–water partition coefficient (Wildman–Crippen LogP) is 3.62. The molecule has 2 amide bonds. The van der Waals surface area contributed by atoms with Crippen LogP contribution in [0.4, 0.5) is 11.5 Å². The van der Waals surface area contributed by atoms with Gasteiger partial charge in [0.25, 0.3) is 5.91 Å². The molecule has 1 atom stereocenters. The molecule has 1 aromatic heterocycles. The zero-order valence-electron chi connectivity index (χ0n) is 18.2. The Balaban J connectivity index is 1.29. The zero-order chi connectivity index (χ0) is 23.4. The molecule has 0 spiro atoms. The molecule has 0 radical (unpaired) electrons. The van der Waals surface area contributed by atoms with Crippen LogP contribution in [0.5, 0.6) is 11.5 Å². The zero-order valence-corrected chi connectivity index (χ0v) is 18.2. The van der Waals surface area contributed by atoms with Gasteiger partial charge in [-0.15, -0.1) is 0 Å². The average molecular weight is 449 g/mol. The lowest BCUT2D eigenvalue weighted by Crippen LogP contribution is -2.28. The number of hydrogen-bond donors (Lipinski definition) is 1. The van der Waals surface area contributed by atoms with E-state index in [1.807, 2.05) is 31.2 Å². The van der Waals surface area contributed by atoms with E-state index in [-0.39, 0.29) is 24.7 Å². The summed E-state index contributed by atoms with van der Waals surface area (Å²) in [6, 6.07) is 16.3. The first-order valence-electron chi connectivity index (χ1n) is 10.4. The minimum absolute atomic E-state index is 0.0184. The molecular weight excluding hydrogens is 426 g/mol. The number of nitrogens with zero attached hydrogens (tertiary/aromatic N) is 2. The van der Waals surface area contributed by atoms with Gasteiger partial charge in [-0.25, -0.2) is 0 Å². The van der Waals surface area contributed by atoms with E-state index in [4.69, 9.17) is 14.0 Å². The summed E-state index contributed by atoms with van der Waals surface area (Å²) in [6.07, 6.45) is 0.0184. The Labute approximate surface area is 190 Å². The van der Waals surface area contributed by atoms with Crippen LogP contribution >= 0.6 is 0 Å². The molecule has 1 fully saturated rings. The van der Waals surface area contributed by atoms with E-state index >= 15 is 0 Å². The Hall–Kier alpha value is -4.14. The number of rotatable bonds is 7. The summed E-state index contributed by atoms with van der Waals surface area (Å²) in [4.78, 5) is 38.3. The minimum Gasteiger partial charge on any atom is -0.457 e. The molecule has 1 saturated heterocycles. The number of benzene rings is 2. The molecule has 3 aromatic rings. The number of amides is 2. The highest BCUT2D eigenvalue weighted by Crippen LogP contribution is 2.29. The second kappa shape index (κ2) is 9.56. The first-order chi connectivity index (χ1) is 15.9. The molecule has 1 aliphatic rings. The van der Waals surface area contributed by atoms with Gasteiger partial charge in [0, 0.05) is 24.7 Å². The lowest BCUT2D eigenvalue weighted by Gasteiger charge is -2.17. The smallest absolute Gasteiger partial charge is 0.311 e. The van der Waals surface area contributed by atoms with Crippen molar-refractivity contribution in [1.82, 2.24) is 5.16 Å². The molecule has 1 N–H and O–H groups in total. The van der Waals surface area contributed by atoms with Crippen molar-refractivity contribution in [3.63, 3.8) is 0 Å². The molecular formula is C24H23N3O6. The normalized spacial score (nSPS) is 15.4. The molecule has 1 aliphatic heterocycles. The lowest BCUT2D eigenvalue weighted by molar-refractivity contribution is -0.151. The molecule has 0 bridgehead atoms. The molecule has 0 aliphatic carbocycles. The van der Waals surface area contributed by atoms with Gasteiger partial charge in [0.05, 0.1) is 5.92 Å². The van der Waals surface area contributed by atoms with Crippen LogP contribution in [0.3, 0.4) is 0 Å². The van der Waals surface area contributed by atoms with Crippen molar-refractivity contribution in [3.8, 4) is 11.5 Å². The van der Waals surface area contributed by atoms with Crippen LogP contribution in [0.25, 0.3) is 0 Å². The summed E-state index contributed by atoms with van der Waals surface area (Å²) in [7, 11) is 0. The van der Waals surface area contributed by atoms with Crippen LogP contribution in [0, 0.1) is 19.8 Å². The monoisotopic (exact) mass is 449 g/mol. The molecule has 2 heterocycles. The Morgan fingerprint density at radius 2 is 1.76 bits per heavy atom. The average Bonchev–Trinajstić information content (AvgIpc) is 3.39. The highest BCUT2D eigenvalue weighted by Gasteiger charge is 2.36. The topological polar surface area (TPSA) is 111 Å². The molecule has 9 nitrogen and oxygen atoms in total. The van der Waals surface area contributed by atoms with Crippen molar-refractivity contribution in [2.24, 2.45) is 5.92 Å². The Morgan fingerprint density at radius 1 is 1.09 bits per heavy atom. The van der Waals surface area contributed by atoms with E-state index in [1.165, 1.54) is 4.90 Å². The maximum absolute atomic E-state index is 12.5. The van der Waals surface area contributed by atoms with Gasteiger partial charge in [0.1, 0.15) is 17.3 Å². The third-order valence-electron chi connectivity index (χ3n) is 5.10. The highest BCUT2D eigenvalue weighted by molar-refractivity contribution is 6.00. The van der Waals surface area contributed by atoms with Crippen molar-refractivity contribution >= 4 is 29.3 Å². The Bertz CT molecular complexity index is 1150. The number of nitrogens with one attached hydrogen (secondary N) is 1. The van der Waals surface area contributed by atoms with Crippen LogP contribution in [0.2, 0.25) is 0 Å². The van der Waals surface area contributed by atoms with Gasteiger partial charge < -0.3 is 24.2 Å². The summed E-state index contributed by atoms with van der Waals surface area (Å²) >= 11 is 0. The van der Waals surface area contributed by atoms with Gasteiger partial charge in [0.2, 0.25) is 5.91 Å². The van der Waals surface area contributed by atoms with Crippen LogP contribution in [0.1, 0.15) is 17.7 Å². The van der Waals surface area contributed by atoms with Crippen molar-refractivity contribution in [2.75, 3.05) is 23.4 Å². The quantitative estimate of drug-likeness (QED) is 0.549. The van der Waals surface area contributed by atoms with Gasteiger partial charge in [0.15, 0.2) is 12.4 Å². The highest BCUT2D eigenvalue weighted by atomic mass is 16.5. The standard InChI is InChI=1S/C24H23N3O6/c1-15-3-7-19(8-4-15)32-20-9-5-18(6-10-20)27-13-17(12-23(27)29)24(30)31-14-22(28)25-21-11-16(2)33-26-21/h3-11,17H,12-14H2,1-2H3,(H,25,26,28)/t17-/m1/s1. The van der Waals surface area contributed by atoms with Gasteiger partial charge in [-0.1, -0.05) is 22.9 Å². The number of anilines is 2. The largest absolute Gasteiger partial charge is 0.457 e. The van der Waals surface area contributed by atoms with E-state index in [0.29, 0.717) is 17.2 Å². The number of carbonyl (C=O) groups is 3. The van der Waals surface area contributed by atoms with Crippen LogP contribution in [-0.4, -0.2) is 36.1 Å². The Kier molecular flexibility index (Phi) is 6.39. The second-order valence-corrected chi connectivity index (χ2v) is 7.79. The maximum Gasteiger partial charge on any atom is 0.311 e. The van der Waals surface area contributed by atoms with Gasteiger partial charge >= 0.3 is 5.97 Å². The first-order valence-corrected chi connectivity index (χ1v) is 10.4. The van der Waals surface area contributed by atoms with Crippen molar-refractivity contribution in [2.45, 2.75) is 20.3 Å². The summed E-state index contributed by atoms with van der Waals surface area (Å²) < 4.78 is 15.8. The summed E-state index contributed by atoms with van der Waals surface area (Å²) in [5, 5.41) is 6.11. The third-order valence-corrected chi connectivity index (χ3v) is 5.10. The van der Waals surface area contributed by atoms with E-state index in [9.17, 15) is 14.4 Å². The van der Waals surface area contributed by atoms with E-state index < -0.39 is 24.4 Å². The van der Waals surface area contributed by atoms with Crippen LogP contribution in [-0.2, 0) is 19.1 Å². The molecule has 33 heavy (non-hydrogen) atoms. The SMILES string of the molecule is Cc1ccc(Oc2ccc(N3C[C@H](C(=O)OCC(=O)Nc4cc(C)on4)CC3=O)cc2)cc1. The predicted molar refractivity (Wildman–Crippen MR) is 119 cm³/mol. The first kappa shape index (κ1) is 22.1. The van der Waals surface area contributed by atoms with E-state index in [1.54, 1.807) is 37.3 Å². The maximum atomic E-state index is 12.5. The van der Waals surface area contributed by atoms with Gasteiger partial charge in [-0.3, -0.25) is 14.4 Å². The van der Waals surface area contributed by atoms with Gasteiger partial charge in [-0.05, 0) is 50.2 Å². The van der Waals surface area contributed by atoms with E-state index in [2.05, 4.69) is 10.5 Å². The summed E-state index contributed by atoms with van der Waals surface area (Å²) in [6.45, 7) is 3.40. The fourth-order valence-electron chi connectivity index (χ4n) is 3.41. The molecule has 0 unspecified atom stereocenters. The van der Waals surface area contributed by atoms with Crippen LogP contribution < -0.4 is 15.0 Å². The van der Waals surface area contributed by atoms with Crippen molar-refractivity contribution in [1.29, 1.82) is 0 Å². The summed E-state index contributed by atoms with van der Waals surface area (Å²) in [5.41, 5.74) is 1.80. The van der Waals surface area contributed by atoms with E-state index in [0.717, 1.165) is 11.3 Å². The number of ether oxygens (including phenoxy) is 2. The number of carbonyl (C=O) groups excluding carboxylic acids is 3. The molecule has 170 valence electrons.